The first kappa shape index (κ1) is 17.1. The third-order valence-electron chi connectivity index (χ3n) is 4.23. The van der Waals surface area contributed by atoms with Gasteiger partial charge in [-0.1, -0.05) is 0 Å². The summed E-state index contributed by atoms with van der Waals surface area (Å²) >= 11 is 0. The molecule has 0 aliphatic carbocycles. The molecule has 1 aromatic rings. The summed E-state index contributed by atoms with van der Waals surface area (Å²) in [6.07, 6.45) is 0.241. The molecule has 1 saturated heterocycles. The van der Waals surface area contributed by atoms with E-state index in [0.29, 0.717) is 36.8 Å². The first-order chi connectivity index (χ1) is 11.0. The molecule has 0 N–H and O–H groups in total. The van der Waals surface area contributed by atoms with E-state index in [-0.39, 0.29) is 24.2 Å². The van der Waals surface area contributed by atoms with E-state index in [1.165, 1.54) is 0 Å². The minimum Gasteiger partial charge on any atom is -0.497 e. The van der Waals surface area contributed by atoms with Crippen LogP contribution in [0.3, 0.4) is 0 Å². The number of benzene rings is 1. The van der Waals surface area contributed by atoms with Gasteiger partial charge in [-0.05, 0) is 26.0 Å². The Morgan fingerprint density at radius 2 is 1.96 bits per heavy atom. The number of nitrogens with zero attached hydrogens (tertiary/aromatic N) is 2. The van der Waals surface area contributed by atoms with Crippen LogP contribution in [-0.2, 0) is 9.59 Å². The van der Waals surface area contributed by atoms with E-state index in [2.05, 4.69) is 0 Å². The Labute approximate surface area is 137 Å². The standard InChI is InChI=1S/C17H24N2O4/c1-5-18(6-2)17(21)12-9-16(20)19(11-12)14-8-7-13(22-3)10-15(14)23-4/h7-8,10,12H,5-6,9,11H2,1-4H3. The summed E-state index contributed by atoms with van der Waals surface area (Å²) in [5.74, 6) is 0.910. The van der Waals surface area contributed by atoms with Crippen molar-refractivity contribution in [1.29, 1.82) is 0 Å². The Hall–Kier alpha value is -2.24. The quantitative estimate of drug-likeness (QED) is 0.803. The van der Waals surface area contributed by atoms with E-state index in [1.54, 1.807) is 42.2 Å². The van der Waals surface area contributed by atoms with E-state index in [4.69, 9.17) is 9.47 Å². The van der Waals surface area contributed by atoms with Gasteiger partial charge in [-0.3, -0.25) is 9.59 Å². The molecule has 0 saturated carbocycles. The third-order valence-corrected chi connectivity index (χ3v) is 4.23. The first-order valence-electron chi connectivity index (χ1n) is 7.86. The molecule has 0 aromatic heterocycles. The van der Waals surface area contributed by atoms with E-state index in [0.717, 1.165) is 0 Å². The average Bonchev–Trinajstić information content (AvgIpc) is 2.96. The molecular weight excluding hydrogens is 296 g/mol. The molecule has 0 radical (unpaired) electrons. The number of hydrogen-bond donors (Lipinski definition) is 0. The van der Waals surface area contributed by atoms with Crippen molar-refractivity contribution in [3.8, 4) is 11.5 Å². The summed E-state index contributed by atoms with van der Waals surface area (Å²) in [4.78, 5) is 28.3. The van der Waals surface area contributed by atoms with Gasteiger partial charge in [0.1, 0.15) is 11.5 Å². The Kier molecular flexibility index (Phi) is 5.47. The molecule has 6 heteroatoms. The Morgan fingerprint density at radius 1 is 1.26 bits per heavy atom. The molecule has 1 atom stereocenters. The van der Waals surface area contributed by atoms with Crippen LogP contribution >= 0.6 is 0 Å². The van der Waals surface area contributed by atoms with Crippen molar-refractivity contribution in [2.75, 3.05) is 38.8 Å². The van der Waals surface area contributed by atoms with Crippen molar-refractivity contribution in [2.24, 2.45) is 5.92 Å². The minimum absolute atomic E-state index is 0.0401. The topological polar surface area (TPSA) is 59.1 Å². The minimum atomic E-state index is -0.297. The monoisotopic (exact) mass is 320 g/mol. The van der Waals surface area contributed by atoms with Crippen molar-refractivity contribution >= 4 is 17.5 Å². The van der Waals surface area contributed by atoms with E-state index < -0.39 is 0 Å². The lowest BCUT2D eigenvalue weighted by molar-refractivity contribution is -0.135. The van der Waals surface area contributed by atoms with Gasteiger partial charge < -0.3 is 19.3 Å². The second-order valence-electron chi connectivity index (χ2n) is 5.45. The zero-order chi connectivity index (χ0) is 17.0. The van der Waals surface area contributed by atoms with Crippen LogP contribution < -0.4 is 14.4 Å². The van der Waals surface area contributed by atoms with Crippen LogP contribution in [0, 0.1) is 5.92 Å². The van der Waals surface area contributed by atoms with Crippen LogP contribution in [0.1, 0.15) is 20.3 Å². The van der Waals surface area contributed by atoms with E-state index in [9.17, 15) is 9.59 Å². The fraction of sp³-hybridized carbons (Fsp3) is 0.529. The number of amides is 2. The Balaban J connectivity index is 2.22. The Morgan fingerprint density at radius 3 is 2.52 bits per heavy atom. The molecule has 1 heterocycles. The van der Waals surface area contributed by atoms with Crippen LogP contribution in [0.15, 0.2) is 18.2 Å². The van der Waals surface area contributed by atoms with Crippen LogP contribution in [-0.4, -0.2) is 50.6 Å². The van der Waals surface area contributed by atoms with Gasteiger partial charge in [0.05, 0.1) is 25.8 Å². The van der Waals surface area contributed by atoms with Crippen molar-refractivity contribution in [3.05, 3.63) is 18.2 Å². The van der Waals surface area contributed by atoms with Crippen LogP contribution in [0.2, 0.25) is 0 Å². The second kappa shape index (κ2) is 7.35. The third kappa shape index (κ3) is 3.41. The lowest BCUT2D eigenvalue weighted by Gasteiger charge is -2.23. The molecule has 126 valence electrons. The zero-order valence-electron chi connectivity index (χ0n) is 14.2. The molecule has 2 rings (SSSR count). The normalized spacial score (nSPS) is 17.3. The number of carbonyl (C=O) groups is 2. The lowest BCUT2D eigenvalue weighted by atomic mass is 10.1. The fourth-order valence-electron chi connectivity index (χ4n) is 2.91. The summed E-state index contributed by atoms with van der Waals surface area (Å²) < 4.78 is 10.5. The summed E-state index contributed by atoms with van der Waals surface area (Å²) in [6.45, 7) is 5.60. The van der Waals surface area contributed by atoms with Crippen LogP contribution in [0.5, 0.6) is 11.5 Å². The number of ether oxygens (including phenoxy) is 2. The maximum Gasteiger partial charge on any atom is 0.227 e. The van der Waals surface area contributed by atoms with Gasteiger partial charge in [0.25, 0.3) is 0 Å². The van der Waals surface area contributed by atoms with Crippen molar-refractivity contribution in [1.82, 2.24) is 4.90 Å². The molecule has 23 heavy (non-hydrogen) atoms. The number of rotatable bonds is 6. The predicted octanol–water partition coefficient (Wildman–Crippen LogP) is 1.93. The molecule has 1 fully saturated rings. The lowest BCUT2D eigenvalue weighted by Crippen LogP contribution is -2.37. The number of methoxy groups -OCH3 is 2. The van der Waals surface area contributed by atoms with E-state index in [1.807, 2.05) is 13.8 Å². The summed E-state index contributed by atoms with van der Waals surface area (Å²) in [5.41, 5.74) is 0.674. The molecule has 1 aromatic carbocycles. The van der Waals surface area contributed by atoms with Gasteiger partial charge in [0.2, 0.25) is 11.8 Å². The summed E-state index contributed by atoms with van der Waals surface area (Å²) in [7, 11) is 3.13. The zero-order valence-corrected chi connectivity index (χ0v) is 14.2. The largest absolute Gasteiger partial charge is 0.497 e. The molecule has 1 unspecified atom stereocenters. The number of carbonyl (C=O) groups excluding carboxylic acids is 2. The van der Waals surface area contributed by atoms with Crippen molar-refractivity contribution in [3.63, 3.8) is 0 Å². The molecule has 6 nitrogen and oxygen atoms in total. The maximum atomic E-state index is 12.5. The van der Waals surface area contributed by atoms with Crippen LogP contribution in [0.25, 0.3) is 0 Å². The molecule has 0 bridgehead atoms. The van der Waals surface area contributed by atoms with Crippen LogP contribution in [0.4, 0.5) is 5.69 Å². The fourth-order valence-corrected chi connectivity index (χ4v) is 2.91. The smallest absolute Gasteiger partial charge is 0.227 e. The SMILES string of the molecule is CCN(CC)C(=O)C1CC(=O)N(c2ccc(OC)cc2OC)C1. The predicted molar refractivity (Wildman–Crippen MR) is 87.9 cm³/mol. The molecule has 0 spiro atoms. The van der Waals surface area contributed by atoms with Gasteiger partial charge in [-0.25, -0.2) is 0 Å². The molecule has 2 amide bonds. The highest BCUT2D eigenvalue weighted by molar-refractivity contribution is 6.01. The molecule has 1 aliphatic rings. The highest BCUT2D eigenvalue weighted by Gasteiger charge is 2.37. The highest BCUT2D eigenvalue weighted by atomic mass is 16.5. The number of anilines is 1. The van der Waals surface area contributed by atoms with Gasteiger partial charge in [-0.2, -0.15) is 0 Å². The van der Waals surface area contributed by atoms with Gasteiger partial charge in [-0.15, -0.1) is 0 Å². The summed E-state index contributed by atoms with van der Waals surface area (Å²) in [5, 5.41) is 0. The second-order valence-corrected chi connectivity index (χ2v) is 5.45. The van der Waals surface area contributed by atoms with Gasteiger partial charge in [0.15, 0.2) is 0 Å². The highest BCUT2D eigenvalue weighted by Crippen LogP contribution is 2.36. The van der Waals surface area contributed by atoms with Crippen molar-refractivity contribution < 1.29 is 19.1 Å². The molecule has 1 aliphatic heterocycles. The maximum absolute atomic E-state index is 12.5. The van der Waals surface area contributed by atoms with Gasteiger partial charge in [0, 0.05) is 32.1 Å². The first-order valence-corrected chi connectivity index (χ1v) is 7.86. The summed E-state index contributed by atoms with van der Waals surface area (Å²) in [6, 6.07) is 5.31. The van der Waals surface area contributed by atoms with Crippen molar-refractivity contribution in [2.45, 2.75) is 20.3 Å². The van der Waals surface area contributed by atoms with Gasteiger partial charge >= 0.3 is 0 Å². The van der Waals surface area contributed by atoms with E-state index >= 15 is 0 Å². The Bertz CT molecular complexity index is 584. The molecular formula is C17H24N2O4. The average molecular weight is 320 g/mol. The number of hydrogen-bond acceptors (Lipinski definition) is 4.